The van der Waals surface area contributed by atoms with Gasteiger partial charge in [0.2, 0.25) is 0 Å². The van der Waals surface area contributed by atoms with Gasteiger partial charge in [0.1, 0.15) is 0 Å². The Balaban J connectivity index is 1.87. The Labute approximate surface area is 106 Å². The summed E-state index contributed by atoms with van der Waals surface area (Å²) in [5.41, 5.74) is 6.45. The zero-order chi connectivity index (χ0) is 12.3. The molecule has 0 radical (unpaired) electrons. The fourth-order valence-electron chi connectivity index (χ4n) is 3.39. The number of morpholine rings is 1. The summed E-state index contributed by atoms with van der Waals surface area (Å²) in [6.07, 6.45) is 5.60. The largest absolute Gasteiger partial charge is 0.374 e. The van der Waals surface area contributed by atoms with Gasteiger partial charge in [-0.2, -0.15) is 0 Å². The highest BCUT2D eigenvalue weighted by Gasteiger charge is 2.32. The number of nitrogens with zero attached hydrogens (tertiary/aromatic N) is 1. The molecule has 3 nitrogen and oxygen atoms in total. The molecule has 1 saturated carbocycles. The lowest BCUT2D eigenvalue weighted by Crippen LogP contribution is -2.53. The first-order valence-electron chi connectivity index (χ1n) is 7.30. The van der Waals surface area contributed by atoms with E-state index >= 15 is 0 Å². The highest BCUT2D eigenvalue weighted by Crippen LogP contribution is 2.32. The molecule has 0 aromatic rings. The minimum Gasteiger partial charge on any atom is -0.374 e. The van der Waals surface area contributed by atoms with Gasteiger partial charge in [0.05, 0.1) is 12.7 Å². The minimum atomic E-state index is 0.243. The Morgan fingerprint density at radius 1 is 1.41 bits per heavy atom. The lowest BCUT2D eigenvalue weighted by Gasteiger charge is -2.40. The Morgan fingerprint density at radius 2 is 2.24 bits per heavy atom. The number of ether oxygens (including phenoxy) is 1. The maximum absolute atomic E-state index is 6.45. The van der Waals surface area contributed by atoms with Crippen molar-refractivity contribution >= 4 is 0 Å². The Morgan fingerprint density at radius 3 is 2.94 bits per heavy atom. The average Bonchev–Trinajstić information content (AvgIpc) is 2.38. The molecule has 0 spiro atoms. The second-order valence-electron chi connectivity index (χ2n) is 5.91. The van der Waals surface area contributed by atoms with Crippen LogP contribution < -0.4 is 5.73 Å². The van der Waals surface area contributed by atoms with Gasteiger partial charge in [-0.3, -0.25) is 4.90 Å². The molecule has 0 aromatic heterocycles. The maximum Gasteiger partial charge on any atom is 0.0855 e. The fourth-order valence-corrected chi connectivity index (χ4v) is 3.39. The van der Waals surface area contributed by atoms with E-state index in [2.05, 4.69) is 18.7 Å². The van der Waals surface area contributed by atoms with E-state index in [0.29, 0.717) is 5.92 Å². The van der Waals surface area contributed by atoms with E-state index in [1.54, 1.807) is 0 Å². The predicted molar refractivity (Wildman–Crippen MR) is 71.0 cm³/mol. The van der Waals surface area contributed by atoms with Crippen LogP contribution in [0.15, 0.2) is 0 Å². The first-order chi connectivity index (χ1) is 8.20. The van der Waals surface area contributed by atoms with Gasteiger partial charge in [0.25, 0.3) is 0 Å². The number of hydrogen-bond acceptors (Lipinski definition) is 3. The molecule has 0 amide bonds. The Bertz CT molecular complexity index is 234. The molecule has 0 bridgehead atoms. The highest BCUT2D eigenvalue weighted by molar-refractivity contribution is 4.87. The molecule has 1 aliphatic heterocycles. The van der Waals surface area contributed by atoms with Crippen LogP contribution in [0, 0.1) is 11.8 Å². The quantitative estimate of drug-likeness (QED) is 0.818. The summed E-state index contributed by atoms with van der Waals surface area (Å²) < 4.78 is 5.89. The smallest absolute Gasteiger partial charge is 0.0855 e. The molecule has 1 aliphatic carbocycles. The fraction of sp³-hybridized carbons (Fsp3) is 1.00. The number of hydrogen-bond donors (Lipinski definition) is 1. The van der Waals surface area contributed by atoms with Crippen LogP contribution in [0.25, 0.3) is 0 Å². The van der Waals surface area contributed by atoms with Crippen molar-refractivity contribution in [3.63, 3.8) is 0 Å². The first kappa shape index (κ1) is 13.3. The van der Waals surface area contributed by atoms with E-state index < -0.39 is 0 Å². The van der Waals surface area contributed by atoms with E-state index in [4.69, 9.17) is 10.5 Å². The summed E-state index contributed by atoms with van der Waals surface area (Å²) in [7, 11) is 0. The summed E-state index contributed by atoms with van der Waals surface area (Å²) in [5, 5.41) is 0. The Kier molecular flexibility index (Phi) is 4.83. The molecule has 4 atom stereocenters. The van der Waals surface area contributed by atoms with E-state index in [1.165, 1.54) is 25.7 Å². The van der Waals surface area contributed by atoms with Crippen molar-refractivity contribution < 1.29 is 4.74 Å². The van der Waals surface area contributed by atoms with Crippen molar-refractivity contribution in [3.05, 3.63) is 0 Å². The monoisotopic (exact) mass is 240 g/mol. The lowest BCUT2D eigenvalue weighted by atomic mass is 9.77. The van der Waals surface area contributed by atoms with Crippen LogP contribution in [0.2, 0.25) is 0 Å². The van der Waals surface area contributed by atoms with Gasteiger partial charge < -0.3 is 10.5 Å². The molecule has 2 fully saturated rings. The third kappa shape index (κ3) is 3.43. The first-order valence-corrected chi connectivity index (χ1v) is 7.30. The molecule has 1 saturated heterocycles. The van der Waals surface area contributed by atoms with Crippen molar-refractivity contribution in [2.75, 3.05) is 26.2 Å². The van der Waals surface area contributed by atoms with Crippen LogP contribution in [-0.4, -0.2) is 43.3 Å². The van der Waals surface area contributed by atoms with Gasteiger partial charge in [-0.1, -0.05) is 26.7 Å². The molecular weight excluding hydrogens is 212 g/mol. The molecular formula is C14H28N2O. The average molecular weight is 240 g/mol. The third-order valence-corrected chi connectivity index (χ3v) is 4.58. The van der Waals surface area contributed by atoms with Gasteiger partial charge in [-0.05, 0) is 31.2 Å². The van der Waals surface area contributed by atoms with Crippen molar-refractivity contribution in [1.29, 1.82) is 0 Å². The maximum atomic E-state index is 6.45. The van der Waals surface area contributed by atoms with Crippen molar-refractivity contribution in [2.45, 2.75) is 51.7 Å². The van der Waals surface area contributed by atoms with Crippen LogP contribution in [0.5, 0.6) is 0 Å². The molecule has 2 aliphatic rings. The van der Waals surface area contributed by atoms with Crippen molar-refractivity contribution in [1.82, 2.24) is 4.90 Å². The topological polar surface area (TPSA) is 38.5 Å². The van der Waals surface area contributed by atoms with Crippen LogP contribution in [-0.2, 0) is 4.74 Å². The van der Waals surface area contributed by atoms with Crippen LogP contribution in [0.4, 0.5) is 0 Å². The van der Waals surface area contributed by atoms with Gasteiger partial charge in [0.15, 0.2) is 0 Å². The minimum absolute atomic E-state index is 0.243. The number of likely N-dealkylation sites (N-methyl/N-ethyl adjacent to an activating group) is 1. The van der Waals surface area contributed by atoms with Crippen molar-refractivity contribution in [3.8, 4) is 0 Å². The van der Waals surface area contributed by atoms with E-state index in [1.807, 2.05) is 0 Å². The zero-order valence-corrected chi connectivity index (χ0v) is 11.4. The standard InChI is InChI=1S/C14H28N2O/c1-3-16-7-8-17-13(10-16)14(15)12-6-4-5-11(2)9-12/h11-14H,3-10,15H2,1-2H3. The number of rotatable bonds is 3. The molecule has 3 heteroatoms. The molecule has 2 N–H and O–H groups in total. The molecule has 17 heavy (non-hydrogen) atoms. The van der Waals surface area contributed by atoms with Crippen LogP contribution >= 0.6 is 0 Å². The summed E-state index contributed by atoms with van der Waals surface area (Å²) in [4.78, 5) is 2.46. The number of nitrogens with two attached hydrogens (primary N) is 1. The van der Waals surface area contributed by atoms with E-state index in [0.717, 1.165) is 32.2 Å². The summed E-state index contributed by atoms with van der Waals surface area (Å²) in [6, 6.07) is 0.243. The molecule has 2 rings (SSSR count). The van der Waals surface area contributed by atoms with Gasteiger partial charge in [-0.15, -0.1) is 0 Å². The predicted octanol–water partition coefficient (Wildman–Crippen LogP) is 1.86. The molecule has 1 heterocycles. The normalized spacial score (nSPS) is 37.9. The second kappa shape index (κ2) is 6.17. The lowest BCUT2D eigenvalue weighted by molar-refractivity contribution is -0.0517. The van der Waals surface area contributed by atoms with Gasteiger partial charge in [-0.25, -0.2) is 0 Å². The second-order valence-corrected chi connectivity index (χ2v) is 5.91. The van der Waals surface area contributed by atoms with E-state index in [9.17, 15) is 0 Å². The SMILES string of the molecule is CCN1CCOC(C(N)C2CCCC(C)C2)C1. The third-order valence-electron chi connectivity index (χ3n) is 4.58. The summed E-state index contributed by atoms with van der Waals surface area (Å²) in [6.45, 7) is 8.65. The zero-order valence-electron chi connectivity index (χ0n) is 11.4. The van der Waals surface area contributed by atoms with Gasteiger partial charge in [0, 0.05) is 19.1 Å². The molecule has 100 valence electrons. The molecule has 0 aromatic carbocycles. The van der Waals surface area contributed by atoms with Gasteiger partial charge >= 0.3 is 0 Å². The Hall–Kier alpha value is -0.120. The molecule has 4 unspecified atom stereocenters. The van der Waals surface area contributed by atoms with E-state index in [-0.39, 0.29) is 12.1 Å². The van der Waals surface area contributed by atoms with Crippen LogP contribution in [0.1, 0.15) is 39.5 Å². The highest BCUT2D eigenvalue weighted by atomic mass is 16.5. The summed E-state index contributed by atoms with van der Waals surface area (Å²) in [5.74, 6) is 1.53. The van der Waals surface area contributed by atoms with Crippen molar-refractivity contribution in [2.24, 2.45) is 17.6 Å². The van der Waals surface area contributed by atoms with Crippen LogP contribution in [0.3, 0.4) is 0 Å². The summed E-state index contributed by atoms with van der Waals surface area (Å²) >= 11 is 0.